The Morgan fingerprint density at radius 3 is 2.11 bits per heavy atom. The first-order chi connectivity index (χ1) is 13.4. The molecule has 2 N–H and O–H groups in total. The van der Waals surface area contributed by atoms with Gasteiger partial charge in [0, 0.05) is 33.7 Å². The molecule has 0 aliphatic heterocycles. The molecule has 3 aromatic carbocycles. The van der Waals surface area contributed by atoms with Gasteiger partial charge < -0.3 is 10.6 Å². The molecule has 0 atom stereocenters. The zero-order valence-corrected chi connectivity index (χ0v) is 15.0. The second-order valence-electron chi connectivity index (χ2n) is 5.58. The molecule has 142 valence electrons. The number of hydrogen-bond donors (Lipinski definition) is 2. The summed E-state index contributed by atoms with van der Waals surface area (Å²) in [5, 5.41) is 15.4. The van der Waals surface area contributed by atoms with Crippen LogP contribution in [0.15, 0.2) is 76.5 Å². The van der Waals surface area contributed by atoms with Gasteiger partial charge in [-0.2, -0.15) is 0 Å². The maximum Gasteiger partial charge on any atom is 0.323 e. The van der Waals surface area contributed by atoms with Crippen LogP contribution in [-0.2, 0) is 0 Å². The number of carbonyl (C=O) groups excluding carboxylic acids is 1. The summed E-state index contributed by atoms with van der Waals surface area (Å²) in [7, 11) is 0. The fourth-order valence-electron chi connectivity index (χ4n) is 2.26. The van der Waals surface area contributed by atoms with E-state index in [1.807, 2.05) is 0 Å². The molecule has 0 spiro atoms. The Balaban J connectivity index is 1.60. The van der Waals surface area contributed by atoms with E-state index in [2.05, 4.69) is 10.6 Å². The van der Waals surface area contributed by atoms with Gasteiger partial charge >= 0.3 is 6.03 Å². The lowest BCUT2D eigenvalue weighted by Gasteiger charge is -2.09. The van der Waals surface area contributed by atoms with Crippen LogP contribution in [0.5, 0.6) is 0 Å². The highest BCUT2D eigenvalue weighted by atomic mass is 32.2. The molecule has 2 amide bonds. The number of nitro groups is 1. The highest BCUT2D eigenvalue weighted by Crippen LogP contribution is 2.29. The number of urea groups is 1. The van der Waals surface area contributed by atoms with Crippen molar-refractivity contribution in [2.75, 3.05) is 10.6 Å². The van der Waals surface area contributed by atoms with Gasteiger partial charge in [-0.15, -0.1) is 0 Å². The van der Waals surface area contributed by atoms with Crippen LogP contribution in [0.2, 0.25) is 0 Å². The monoisotopic (exact) mass is 401 g/mol. The van der Waals surface area contributed by atoms with Gasteiger partial charge in [-0.3, -0.25) is 10.1 Å². The zero-order valence-electron chi connectivity index (χ0n) is 14.2. The summed E-state index contributed by atoms with van der Waals surface area (Å²) in [6.45, 7) is 0. The predicted octanol–water partition coefficient (Wildman–Crippen LogP) is 5.67. The third-order valence-electron chi connectivity index (χ3n) is 3.57. The highest BCUT2D eigenvalue weighted by Gasteiger charge is 2.09. The van der Waals surface area contributed by atoms with E-state index in [-0.39, 0.29) is 11.4 Å². The minimum Gasteiger partial charge on any atom is -0.308 e. The van der Waals surface area contributed by atoms with Crippen molar-refractivity contribution in [3.8, 4) is 0 Å². The van der Waals surface area contributed by atoms with Gasteiger partial charge in [0.2, 0.25) is 0 Å². The Morgan fingerprint density at radius 1 is 0.893 bits per heavy atom. The second kappa shape index (κ2) is 8.49. The van der Waals surface area contributed by atoms with Crippen molar-refractivity contribution >= 4 is 34.9 Å². The molecule has 3 aromatic rings. The molecule has 0 aromatic heterocycles. The summed E-state index contributed by atoms with van der Waals surface area (Å²) < 4.78 is 26.7. The molecule has 28 heavy (non-hydrogen) atoms. The van der Waals surface area contributed by atoms with Crippen molar-refractivity contribution in [1.29, 1.82) is 0 Å². The molecule has 0 radical (unpaired) electrons. The summed E-state index contributed by atoms with van der Waals surface area (Å²) in [4.78, 5) is 23.8. The van der Waals surface area contributed by atoms with Crippen molar-refractivity contribution in [2.24, 2.45) is 0 Å². The van der Waals surface area contributed by atoms with Crippen molar-refractivity contribution in [3.63, 3.8) is 0 Å². The molecular weight excluding hydrogens is 388 g/mol. The molecule has 0 aliphatic rings. The number of nitrogens with zero attached hydrogens (tertiary/aromatic N) is 1. The third kappa shape index (κ3) is 5.04. The zero-order chi connectivity index (χ0) is 20.1. The van der Waals surface area contributed by atoms with Gasteiger partial charge in [-0.05, 0) is 48.5 Å². The molecule has 0 bridgehead atoms. The average Bonchev–Trinajstić information content (AvgIpc) is 2.67. The van der Waals surface area contributed by atoms with E-state index in [0.717, 1.165) is 28.0 Å². The summed E-state index contributed by atoms with van der Waals surface area (Å²) in [6.07, 6.45) is 0. The van der Waals surface area contributed by atoms with Crippen LogP contribution in [0.3, 0.4) is 0 Å². The number of rotatable bonds is 5. The lowest BCUT2D eigenvalue weighted by molar-refractivity contribution is -0.384. The van der Waals surface area contributed by atoms with Gasteiger partial charge in [0.05, 0.1) is 10.6 Å². The number of benzene rings is 3. The summed E-state index contributed by atoms with van der Waals surface area (Å²) >= 11 is 1.40. The molecule has 0 unspecified atom stereocenters. The summed E-state index contributed by atoms with van der Waals surface area (Å²) in [5.74, 6) is -1.41. The molecule has 0 heterocycles. The van der Waals surface area contributed by atoms with Crippen LogP contribution < -0.4 is 10.6 Å². The number of carbonyl (C=O) groups is 1. The van der Waals surface area contributed by atoms with Gasteiger partial charge in [-0.1, -0.05) is 11.8 Å². The minimum atomic E-state index is -0.744. The average molecular weight is 401 g/mol. The molecule has 9 heteroatoms. The van der Waals surface area contributed by atoms with Crippen LogP contribution in [0.1, 0.15) is 0 Å². The second-order valence-corrected chi connectivity index (χ2v) is 6.73. The number of amides is 2. The topological polar surface area (TPSA) is 84.3 Å². The quantitative estimate of drug-likeness (QED) is 0.426. The Morgan fingerprint density at radius 2 is 1.50 bits per heavy atom. The van der Waals surface area contributed by atoms with Crippen molar-refractivity contribution < 1.29 is 18.5 Å². The first-order valence-electron chi connectivity index (χ1n) is 7.96. The maximum atomic E-state index is 13.5. The molecule has 0 saturated heterocycles. The highest BCUT2D eigenvalue weighted by molar-refractivity contribution is 7.99. The normalized spacial score (nSPS) is 10.4. The van der Waals surface area contributed by atoms with Crippen LogP contribution in [0.25, 0.3) is 0 Å². The third-order valence-corrected chi connectivity index (χ3v) is 4.59. The van der Waals surface area contributed by atoms with Crippen LogP contribution >= 0.6 is 11.8 Å². The largest absolute Gasteiger partial charge is 0.323 e. The van der Waals surface area contributed by atoms with Crippen molar-refractivity contribution in [3.05, 3.63) is 88.5 Å². The van der Waals surface area contributed by atoms with Gasteiger partial charge in [0.15, 0.2) is 0 Å². The van der Waals surface area contributed by atoms with E-state index < -0.39 is 22.6 Å². The first-order valence-corrected chi connectivity index (χ1v) is 8.78. The maximum absolute atomic E-state index is 13.5. The standard InChI is InChI=1S/C19H13F2N3O3S/c20-12-1-10-17(21)18(11-12)23-19(25)22-13-2-6-15(7-3-13)28-16-8-4-14(5-9-16)24(26)27/h1-11H,(H2,22,23,25). The van der Waals surface area contributed by atoms with Crippen LogP contribution in [-0.4, -0.2) is 11.0 Å². The number of nitro benzene ring substituents is 1. The molecule has 6 nitrogen and oxygen atoms in total. The van der Waals surface area contributed by atoms with Crippen LogP contribution in [0, 0.1) is 21.7 Å². The smallest absolute Gasteiger partial charge is 0.308 e. The van der Waals surface area contributed by atoms with E-state index in [4.69, 9.17) is 0 Å². The molecular formula is C19H13F2N3O3S. The van der Waals surface area contributed by atoms with Crippen LogP contribution in [0.4, 0.5) is 30.6 Å². The fraction of sp³-hybridized carbons (Fsp3) is 0. The molecule has 0 saturated carbocycles. The molecule has 0 fully saturated rings. The fourth-order valence-corrected chi connectivity index (χ4v) is 3.07. The summed E-state index contributed by atoms with van der Waals surface area (Å²) in [5.41, 5.74) is 0.217. The number of non-ortho nitro benzene ring substituents is 1. The van der Waals surface area contributed by atoms with Gasteiger partial charge in [-0.25, -0.2) is 13.6 Å². The Hall–Kier alpha value is -3.46. The number of nitrogens with one attached hydrogen (secondary N) is 2. The minimum absolute atomic E-state index is 0.0182. The van der Waals surface area contributed by atoms with Crippen molar-refractivity contribution in [2.45, 2.75) is 9.79 Å². The Kier molecular flexibility index (Phi) is 5.85. The van der Waals surface area contributed by atoms with E-state index >= 15 is 0 Å². The summed E-state index contributed by atoms with van der Waals surface area (Å²) in [6, 6.07) is 15.0. The van der Waals surface area contributed by atoms with Crippen molar-refractivity contribution in [1.82, 2.24) is 0 Å². The molecule has 0 aliphatic carbocycles. The molecule has 3 rings (SSSR count). The lowest BCUT2D eigenvalue weighted by Crippen LogP contribution is -2.20. The Bertz CT molecular complexity index is 1010. The van der Waals surface area contributed by atoms with E-state index in [9.17, 15) is 23.7 Å². The van der Waals surface area contributed by atoms with E-state index in [1.165, 1.54) is 23.9 Å². The van der Waals surface area contributed by atoms with Gasteiger partial charge in [0.25, 0.3) is 5.69 Å². The van der Waals surface area contributed by atoms with E-state index in [1.54, 1.807) is 36.4 Å². The SMILES string of the molecule is O=C(Nc1ccc(Sc2ccc([N+](=O)[O-])cc2)cc1)Nc1cc(F)ccc1F. The number of anilines is 2. The Labute approximate surface area is 162 Å². The lowest BCUT2D eigenvalue weighted by atomic mass is 10.3. The number of hydrogen-bond acceptors (Lipinski definition) is 4. The number of halogens is 2. The van der Waals surface area contributed by atoms with E-state index in [0.29, 0.717) is 5.69 Å². The first kappa shape index (κ1) is 19.3. The van der Waals surface area contributed by atoms with Gasteiger partial charge in [0.1, 0.15) is 11.6 Å². The predicted molar refractivity (Wildman–Crippen MR) is 103 cm³/mol.